The topological polar surface area (TPSA) is 58.7 Å². The molecule has 6 heteroatoms. The minimum Gasteiger partial charge on any atom is -0.493 e. The van der Waals surface area contributed by atoms with E-state index in [9.17, 15) is 0 Å². The number of hydrogen-bond donors (Lipinski definition) is 0. The highest BCUT2D eigenvalue weighted by molar-refractivity contribution is 5.56. The predicted octanol–water partition coefficient (Wildman–Crippen LogP) is 3.53. The molecule has 3 fully saturated rings. The first kappa shape index (κ1) is 17.2. The van der Waals surface area contributed by atoms with Crippen LogP contribution in [0, 0.1) is 5.41 Å². The van der Waals surface area contributed by atoms with Gasteiger partial charge in [0.15, 0.2) is 11.5 Å². The van der Waals surface area contributed by atoms with Gasteiger partial charge >= 0.3 is 0 Å². The first-order valence-corrected chi connectivity index (χ1v) is 9.59. The van der Waals surface area contributed by atoms with E-state index in [1.54, 1.807) is 21.3 Å². The van der Waals surface area contributed by atoms with Crippen LogP contribution < -0.4 is 14.2 Å². The lowest BCUT2D eigenvalue weighted by Crippen LogP contribution is -2.54. The Bertz CT molecular complexity index is 760. The Morgan fingerprint density at radius 2 is 1.70 bits per heavy atom. The van der Waals surface area contributed by atoms with Gasteiger partial charge in [-0.25, -0.2) is 0 Å². The summed E-state index contributed by atoms with van der Waals surface area (Å²) in [6.07, 6.45) is 8.95. The van der Waals surface area contributed by atoms with Crippen LogP contribution >= 0.6 is 0 Å². The molecule has 0 N–H and O–H groups in total. The molecule has 4 atom stereocenters. The van der Waals surface area contributed by atoms with E-state index in [0.717, 1.165) is 31.2 Å². The molecular weight excluding hydrogens is 348 g/mol. The summed E-state index contributed by atoms with van der Waals surface area (Å²) in [4.78, 5) is 0. The van der Waals surface area contributed by atoms with Crippen molar-refractivity contribution in [1.82, 2.24) is 0 Å². The number of fused-ring (bicyclic) bond motifs is 1. The summed E-state index contributed by atoms with van der Waals surface area (Å²) in [5, 5.41) is 0. The molecule has 2 saturated heterocycles. The van der Waals surface area contributed by atoms with Gasteiger partial charge in [0.25, 0.3) is 0 Å². The van der Waals surface area contributed by atoms with Crippen LogP contribution in [0.25, 0.3) is 0 Å². The van der Waals surface area contributed by atoms with E-state index >= 15 is 0 Å². The summed E-state index contributed by atoms with van der Waals surface area (Å²) in [5.41, 5.74) is 0.154. The van der Waals surface area contributed by atoms with Crippen LogP contribution in [-0.4, -0.2) is 39.8 Å². The van der Waals surface area contributed by atoms with Gasteiger partial charge in [-0.05, 0) is 36.6 Å². The maximum absolute atomic E-state index is 6.42. The summed E-state index contributed by atoms with van der Waals surface area (Å²) in [6, 6.07) is 4.05. The molecule has 27 heavy (non-hydrogen) atoms. The molecule has 6 nitrogen and oxygen atoms in total. The van der Waals surface area contributed by atoms with Gasteiger partial charge < -0.3 is 28.4 Å². The third kappa shape index (κ3) is 2.08. The predicted molar refractivity (Wildman–Crippen MR) is 97.1 cm³/mol. The zero-order chi connectivity index (χ0) is 18.7. The van der Waals surface area contributed by atoms with E-state index in [2.05, 4.69) is 6.08 Å². The second-order valence-corrected chi connectivity index (χ2v) is 7.90. The fourth-order valence-electron chi connectivity index (χ4n) is 5.68. The van der Waals surface area contributed by atoms with Crippen molar-refractivity contribution in [1.29, 1.82) is 0 Å². The minimum atomic E-state index is -0.424. The van der Waals surface area contributed by atoms with E-state index < -0.39 is 5.60 Å². The minimum absolute atomic E-state index is 0.152. The SMILES string of the molecule is COc1cc([C@]2([C@@]34CCCC[C@@]35C=CO[C@@H](C4)O5)CO2)cc(OC)c1OC. The Kier molecular flexibility index (Phi) is 3.69. The summed E-state index contributed by atoms with van der Waals surface area (Å²) < 4.78 is 35.1. The smallest absolute Gasteiger partial charge is 0.203 e. The van der Waals surface area contributed by atoms with E-state index in [1.165, 1.54) is 6.42 Å². The van der Waals surface area contributed by atoms with Crippen molar-refractivity contribution >= 4 is 0 Å². The van der Waals surface area contributed by atoms with E-state index in [1.807, 2.05) is 18.4 Å². The van der Waals surface area contributed by atoms with Crippen molar-refractivity contribution in [2.24, 2.45) is 5.41 Å². The number of methoxy groups -OCH3 is 3. The highest BCUT2D eigenvalue weighted by Gasteiger charge is 2.75. The highest BCUT2D eigenvalue weighted by atomic mass is 16.7. The third-order valence-corrected chi connectivity index (χ3v) is 6.97. The van der Waals surface area contributed by atoms with Crippen LogP contribution in [0.3, 0.4) is 0 Å². The Hall–Kier alpha value is -1.92. The molecule has 3 aliphatic heterocycles. The maximum Gasteiger partial charge on any atom is 0.203 e. The van der Waals surface area contributed by atoms with Gasteiger partial charge in [-0.3, -0.25) is 0 Å². The second-order valence-electron chi connectivity index (χ2n) is 7.90. The number of epoxide rings is 1. The van der Waals surface area contributed by atoms with E-state index in [0.29, 0.717) is 23.9 Å². The standard InChI is InChI=1S/C21H26O6/c1-22-15-10-14(11-16(23-2)18(15)24-3)21(13-26-21)19-6-4-5-7-20(19)8-9-25-17(12-19)27-20/h8-11,17H,4-7,12-13H2,1-3H3/t17-,19-,20-,21+/m1/s1. The molecular formula is C21H26O6. The highest BCUT2D eigenvalue weighted by Crippen LogP contribution is 2.70. The number of ether oxygens (including phenoxy) is 6. The van der Waals surface area contributed by atoms with Crippen molar-refractivity contribution in [2.45, 2.75) is 49.6 Å². The van der Waals surface area contributed by atoms with Crippen LogP contribution in [0.15, 0.2) is 24.5 Å². The molecule has 4 aliphatic rings. The summed E-state index contributed by atoms with van der Waals surface area (Å²) >= 11 is 0. The van der Waals surface area contributed by atoms with Crippen LogP contribution in [0.5, 0.6) is 17.2 Å². The number of hydrogen-bond acceptors (Lipinski definition) is 6. The molecule has 1 aliphatic carbocycles. The third-order valence-electron chi connectivity index (χ3n) is 6.97. The van der Waals surface area contributed by atoms with Crippen molar-refractivity contribution < 1.29 is 28.4 Å². The van der Waals surface area contributed by atoms with Crippen LogP contribution in [-0.2, 0) is 19.8 Å². The lowest BCUT2D eigenvalue weighted by Gasteiger charge is -2.49. The Balaban J connectivity index is 1.66. The molecule has 146 valence electrons. The van der Waals surface area contributed by atoms with E-state index in [4.69, 9.17) is 28.4 Å². The van der Waals surface area contributed by atoms with Crippen LogP contribution in [0.2, 0.25) is 0 Å². The second kappa shape index (κ2) is 5.79. The molecule has 0 amide bonds. The van der Waals surface area contributed by atoms with Gasteiger partial charge in [0, 0.05) is 11.8 Å². The van der Waals surface area contributed by atoms with Gasteiger partial charge in [0.05, 0.1) is 34.2 Å². The quantitative estimate of drug-likeness (QED) is 0.735. The molecule has 0 unspecified atom stereocenters. The lowest BCUT2D eigenvalue weighted by molar-refractivity contribution is -0.170. The van der Waals surface area contributed by atoms with Crippen molar-refractivity contribution in [2.75, 3.05) is 27.9 Å². The first-order chi connectivity index (χ1) is 13.1. The zero-order valence-electron chi connectivity index (χ0n) is 16.1. The molecule has 1 spiro atoms. The maximum atomic E-state index is 6.42. The van der Waals surface area contributed by atoms with Crippen molar-refractivity contribution in [3.8, 4) is 17.2 Å². The fourth-order valence-corrected chi connectivity index (χ4v) is 5.68. The Labute approximate surface area is 159 Å². The van der Waals surface area contributed by atoms with Gasteiger partial charge in [-0.2, -0.15) is 0 Å². The molecule has 1 saturated carbocycles. The average molecular weight is 374 g/mol. The summed E-state index contributed by atoms with van der Waals surface area (Å²) in [7, 11) is 4.91. The zero-order valence-corrected chi connectivity index (χ0v) is 16.1. The summed E-state index contributed by atoms with van der Waals surface area (Å²) in [6.45, 7) is 0.664. The molecule has 1 aromatic carbocycles. The molecule has 0 aromatic heterocycles. The largest absolute Gasteiger partial charge is 0.493 e. The van der Waals surface area contributed by atoms with Crippen molar-refractivity contribution in [3.63, 3.8) is 0 Å². The van der Waals surface area contributed by atoms with Gasteiger partial charge in [0.2, 0.25) is 12.0 Å². The summed E-state index contributed by atoms with van der Waals surface area (Å²) in [5.74, 6) is 1.90. The van der Waals surface area contributed by atoms with Crippen molar-refractivity contribution in [3.05, 3.63) is 30.0 Å². The monoisotopic (exact) mass is 374 g/mol. The van der Waals surface area contributed by atoms with Gasteiger partial charge in [-0.1, -0.05) is 12.8 Å². The molecule has 2 bridgehead atoms. The van der Waals surface area contributed by atoms with Gasteiger partial charge in [0.1, 0.15) is 11.2 Å². The number of benzene rings is 1. The number of rotatable bonds is 5. The molecule has 3 heterocycles. The molecule has 1 aromatic rings. The Morgan fingerprint density at radius 1 is 1.00 bits per heavy atom. The van der Waals surface area contributed by atoms with Gasteiger partial charge in [-0.15, -0.1) is 0 Å². The first-order valence-electron chi connectivity index (χ1n) is 9.59. The Morgan fingerprint density at radius 3 is 2.33 bits per heavy atom. The fraction of sp³-hybridized carbons (Fsp3) is 0.619. The molecule has 0 radical (unpaired) electrons. The lowest BCUT2D eigenvalue weighted by atomic mass is 9.55. The normalized spacial score (nSPS) is 38.7. The average Bonchev–Trinajstić information content (AvgIpc) is 3.47. The molecule has 5 rings (SSSR count). The van der Waals surface area contributed by atoms with Crippen LogP contribution in [0.1, 0.15) is 37.7 Å². The van der Waals surface area contributed by atoms with Crippen LogP contribution in [0.4, 0.5) is 0 Å². The van der Waals surface area contributed by atoms with E-state index in [-0.39, 0.29) is 17.3 Å².